The van der Waals surface area contributed by atoms with Gasteiger partial charge in [-0.05, 0) is 78.9 Å². The predicted molar refractivity (Wildman–Crippen MR) is 86.7 cm³/mol. The van der Waals surface area contributed by atoms with E-state index in [1.165, 1.54) is 41.2 Å². The summed E-state index contributed by atoms with van der Waals surface area (Å²) in [6.45, 7) is 3.32. The van der Waals surface area contributed by atoms with E-state index < -0.39 is 0 Å². The molecule has 0 aromatic heterocycles. The molecule has 0 aliphatic heterocycles. The molecule has 1 unspecified atom stereocenters. The van der Waals surface area contributed by atoms with Crippen LogP contribution in [0.3, 0.4) is 0 Å². The Hall–Kier alpha value is -0.350. The average Bonchev–Trinajstić information content (AvgIpc) is 2.42. The highest BCUT2D eigenvalue weighted by atomic mass is 127. The van der Waals surface area contributed by atoms with Gasteiger partial charge in [-0.25, -0.2) is 0 Å². The Labute approximate surface area is 124 Å². The Balaban J connectivity index is 2.18. The molecule has 18 heavy (non-hydrogen) atoms. The maximum absolute atomic E-state index is 3.70. The smallest absolute Gasteiger partial charge is 0.0536 e. The Morgan fingerprint density at radius 1 is 1.22 bits per heavy atom. The van der Waals surface area contributed by atoms with Gasteiger partial charge >= 0.3 is 0 Å². The first-order valence-electron chi connectivity index (χ1n) is 6.99. The van der Waals surface area contributed by atoms with E-state index in [-0.39, 0.29) is 0 Å². The number of hydrogen-bond acceptors (Lipinski definition) is 1. The molecular formula is C16H22IN. The zero-order valence-electron chi connectivity index (χ0n) is 11.1. The van der Waals surface area contributed by atoms with Crippen molar-refractivity contribution in [3.8, 4) is 0 Å². The molecule has 0 amide bonds. The maximum atomic E-state index is 3.70. The monoisotopic (exact) mass is 355 g/mol. The second kappa shape index (κ2) is 7.29. The molecule has 1 N–H and O–H groups in total. The SMILES string of the molecule is CCCNC(C1=CCCCC1)c1ccc(I)cc1. The van der Waals surface area contributed by atoms with Gasteiger partial charge in [0.15, 0.2) is 0 Å². The summed E-state index contributed by atoms with van der Waals surface area (Å²) >= 11 is 2.37. The Morgan fingerprint density at radius 3 is 2.61 bits per heavy atom. The minimum Gasteiger partial charge on any atom is -0.307 e. The summed E-state index contributed by atoms with van der Waals surface area (Å²) in [6, 6.07) is 9.39. The summed E-state index contributed by atoms with van der Waals surface area (Å²) in [6.07, 6.45) is 8.86. The molecule has 1 atom stereocenters. The van der Waals surface area contributed by atoms with Gasteiger partial charge < -0.3 is 5.32 Å². The third kappa shape index (κ3) is 3.82. The number of halogens is 1. The molecular weight excluding hydrogens is 333 g/mol. The lowest BCUT2D eigenvalue weighted by Crippen LogP contribution is -2.24. The van der Waals surface area contributed by atoms with Crippen molar-refractivity contribution in [2.24, 2.45) is 0 Å². The van der Waals surface area contributed by atoms with E-state index in [1.807, 2.05) is 0 Å². The van der Waals surface area contributed by atoms with Gasteiger partial charge in [-0.1, -0.05) is 30.7 Å². The van der Waals surface area contributed by atoms with Crippen molar-refractivity contribution in [1.29, 1.82) is 0 Å². The van der Waals surface area contributed by atoms with Crippen LogP contribution in [-0.2, 0) is 0 Å². The van der Waals surface area contributed by atoms with Gasteiger partial charge in [0, 0.05) is 3.57 Å². The number of allylic oxidation sites excluding steroid dienone is 1. The van der Waals surface area contributed by atoms with E-state index in [9.17, 15) is 0 Å². The summed E-state index contributed by atoms with van der Waals surface area (Å²) < 4.78 is 1.31. The maximum Gasteiger partial charge on any atom is 0.0536 e. The minimum atomic E-state index is 0.433. The lowest BCUT2D eigenvalue weighted by atomic mass is 9.90. The van der Waals surface area contributed by atoms with E-state index in [4.69, 9.17) is 0 Å². The van der Waals surface area contributed by atoms with Crippen LogP contribution >= 0.6 is 22.6 Å². The fourth-order valence-electron chi connectivity index (χ4n) is 2.53. The quantitative estimate of drug-likeness (QED) is 0.589. The van der Waals surface area contributed by atoms with E-state index in [2.05, 4.69) is 65.2 Å². The second-order valence-corrected chi connectivity index (χ2v) is 6.21. The molecule has 0 fully saturated rings. The number of rotatable bonds is 5. The first-order chi connectivity index (χ1) is 8.81. The Kier molecular flexibility index (Phi) is 5.70. The zero-order valence-corrected chi connectivity index (χ0v) is 13.2. The molecule has 0 spiro atoms. The van der Waals surface area contributed by atoms with Crippen molar-refractivity contribution in [3.05, 3.63) is 45.0 Å². The van der Waals surface area contributed by atoms with E-state index >= 15 is 0 Å². The summed E-state index contributed by atoms with van der Waals surface area (Å²) in [5.41, 5.74) is 3.01. The molecule has 0 heterocycles. The highest BCUT2D eigenvalue weighted by molar-refractivity contribution is 14.1. The standard InChI is InChI=1S/C16H22IN/c1-2-12-18-16(13-6-4-3-5-7-13)14-8-10-15(17)11-9-14/h6,8-11,16,18H,2-5,7,12H2,1H3. The first-order valence-corrected chi connectivity index (χ1v) is 8.07. The van der Waals surface area contributed by atoms with Gasteiger partial charge in [-0.2, -0.15) is 0 Å². The van der Waals surface area contributed by atoms with Gasteiger partial charge in [-0.3, -0.25) is 0 Å². The molecule has 2 rings (SSSR count). The Bertz CT molecular complexity index is 394. The number of benzene rings is 1. The molecule has 1 aliphatic rings. The van der Waals surface area contributed by atoms with Crippen LogP contribution < -0.4 is 5.32 Å². The van der Waals surface area contributed by atoms with Gasteiger partial charge in [0.1, 0.15) is 0 Å². The molecule has 1 aromatic rings. The fraction of sp³-hybridized carbons (Fsp3) is 0.500. The van der Waals surface area contributed by atoms with Crippen LogP contribution in [0.5, 0.6) is 0 Å². The summed E-state index contributed by atoms with van der Waals surface area (Å²) in [5, 5.41) is 3.70. The van der Waals surface area contributed by atoms with Crippen LogP contribution in [0, 0.1) is 3.57 Å². The first kappa shape index (κ1) is 14.1. The third-order valence-electron chi connectivity index (χ3n) is 3.50. The van der Waals surface area contributed by atoms with Crippen LogP contribution in [0.2, 0.25) is 0 Å². The van der Waals surface area contributed by atoms with Gasteiger partial charge in [0.25, 0.3) is 0 Å². The molecule has 98 valence electrons. The molecule has 1 aliphatic carbocycles. The highest BCUT2D eigenvalue weighted by Crippen LogP contribution is 2.30. The second-order valence-electron chi connectivity index (χ2n) is 4.96. The predicted octanol–water partition coefficient (Wildman–Crippen LogP) is 4.83. The van der Waals surface area contributed by atoms with Crippen LogP contribution in [0.1, 0.15) is 50.6 Å². The van der Waals surface area contributed by atoms with Gasteiger partial charge in [-0.15, -0.1) is 0 Å². The molecule has 1 aromatic carbocycles. The molecule has 0 bridgehead atoms. The van der Waals surface area contributed by atoms with Crippen LogP contribution in [0.4, 0.5) is 0 Å². The third-order valence-corrected chi connectivity index (χ3v) is 4.22. The van der Waals surface area contributed by atoms with Crippen molar-refractivity contribution >= 4 is 22.6 Å². The normalized spacial score (nSPS) is 17.3. The fourth-order valence-corrected chi connectivity index (χ4v) is 2.89. The molecule has 0 saturated carbocycles. The van der Waals surface area contributed by atoms with Crippen molar-refractivity contribution in [3.63, 3.8) is 0 Å². The molecule has 2 heteroatoms. The highest BCUT2D eigenvalue weighted by Gasteiger charge is 2.17. The Morgan fingerprint density at radius 2 is 2.00 bits per heavy atom. The summed E-state index contributed by atoms with van der Waals surface area (Å²) in [5.74, 6) is 0. The lowest BCUT2D eigenvalue weighted by molar-refractivity contribution is 0.547. The van der Waals surface area contributed by atoms with E-state index in [0.29, 0.717) is 6.04 Å². The summed E-state index contributed by atoms with van der Waals surface area (Å²) in [7, 11) is 0. The summed E-state index contributed by atoms with van der Waals surface area (Å²) in [4.78, 5) is 0. The zero-order chi connectivity index (χ0) is 12.8. The van der Waals surface area contributed by atoms with Crippen molar-refractivity contribution in [1.82, 2.24) is 5.32 Å². The van der Waals surface area contributed by atoms with Crippen molar-refractivity contribution in [2.45, 2.75) is 45.1 Å². The molecule has 1 nitrogen and oxygen atoms in total. The van der Waals surface area contributed by atoms with Crippen LogP contribution in [-0.4, -0.2) is 6.54 Å². The topological polar surface area (TPSA) is 12.0 Å². The average molecular weight is 355 g/mol. The van der Waals surface area contributed by atoms with Crippen molar-refractivity contribution in [2.75, 3.05) is 6.54 Å². The van der Waals surface area contributed by atoms with Gasteiger partial charge in [0.05, 0.1) is 6.04 Å². The van der Waals surface area contributed by atoms with Crippen LogP contribution in [0.25, 0.3) is 0 Å². The van der Waals surface area contributed by atoms with Crippen molar-refractivity contribution < 1.29 is 0 Å². The van der Waals surface area contributed by atoms with Crippen LogP contribution in [0.15, 0.2) is 35.9 Å². The van der Waals surface area contributed by atoms with E-state index in [0.717, 1.165) is 6.54 Å². The van der Waals surface area contributed by atoms with Gasteiger partial charge in [0.2, 0.25) is 0 Å². The van der Waals surface area contributed by atoms with E-state index in [1.54, 1.807) is 5.57 Å². The lowest BCUT2D eigenvalue weighted by Gasteiger charge is -2.25. The number of hydrogen-bond donors (Lipinski definition) is 1. The molecule has 0 saturated heterocycles. The number of nitrogens with one attached hydrogen (secondary N) is 1. The minimum absolute atomic E-state index is 0.433. The largest absolute Gasteiger partial charge is 0.307 e. The molecule has 0 radical (unpaired) electrons.